The van der Waals surface area contributed by atoms with E-state index in [9.17, 15) is 8.42 Å². The van der Waals surface area contributed by atoms with Crippen molar-refractivity contribution >= 4 is 10.0 Å². The number of aromatic amines is 1. The van der Waals surface area contributed by atoms with Crippen LogP contribution in [0.3, 0.4) is 0 Å². The molecule has 1 aromatic rings. The summed E-state index contributed by atoms with van der Waals surface area (Å²) in [5.74, 6) is 0. The zero-order chi connectivity index (χ0) is 13.4. The average Bonchev–Trinajstić information content (AvgIpc) is 2.81. The second kappa shape index (κ2) is 7.56. The normalized spacial score (nSPS) is 11.9. The molecule has 0 spiro atoms. The van der Waals surface area contributed by atoms with Crippen LogP contribution in [0, 0.1) is 0 Å². The topological polar surface area (TPSA) is 74.0 Å². The summed E-state index contributed by atoms with van der Waals surface area (Å²) in [6.07, 6.45) is 4.54. The molecule has 0 bridgehead atoms. The molecule has 0 fully saturated rings. The van der Waals surface area contributed by atoms with E-state index in [4.69, 9.17) is 0 Å². The lowest BCUT2D eigenvalue weighted by Gasteiger charge is -2.03. The van der Waals surface area contributed by atoms with Crippen molar-refractivity contribution in [3.8, 4) is 0 Å². The van der Waals surface area contributed by atoms with Crippen LogP contribution in [0.5, 0.6) is 0 Å². The highest BCUT2D eigenvalue weighted by Gasteiger charge is 2.14. The summed E-state index contributed by atoms with van der Waals surface area (Å²) in [6.45, 7) is 6.12. The molecule has 0 aromatic carbocycles. The first-order valence-electron chi connectivity index (χ1n) is 6.47. The van der Waals surface area contributed by atoms with Crippen LogP contribution in [-0.2, 0) is 16.6 Å². The van der Waals surface area contributed by atoms with Gasteiger partial charge in [0.1, 0.15) is 0 Å². The quantitative estimate of drug-likeness (QED) is 0.598. The third kappa shape index (κ3) is 4.80. The summed E-state index contributed by atoms with van der Waals surface area (Å²) < 4.78 is 26.5. The Morgan fingerprint density at radius 3 is 2.72 bits per heavy atom. The van der Waals surface area contributed by atoms with E-state index in [-0.39, 0.29) is 0 Å². The van der Waals surface area contributed by atoms with Gasteiger partial charge in [-0.25, -0.2) is 13.1 Å². The van der Waals surface area contributed by atoms with E-state index < -0.39 is 10.0 Å². The number of H-pyrrole nitrogens is 1. The van der Waals surface area contributed by atoms with Gasteiger partial charge in [0.25, 0.3) is 0 Å². The first-order valence-corrected chi connectivity index (χ1v) is 7.96. The summed E-state index contributed by atoms with van der Waals surface area (Å²) in [4.78, 5) is 3.28. The van der Waals surface area contributed by atoms with Gasteiger partial charge in [0, 0.05) is 25.0 Å². The molecule has 0 atom stereocenters. The first-order chi connectivity index (χ1) is 8.60. The molecule has 1 aromatic heterocycles. The van der Waals surface area contributed by atoms with Crippen molar-refractivity contribution in [2.24, 2.45) is 0 Å². The molecule has 6 heteroatoms. The molecular weight excluding hydrogens is 250 g/mol. The maximum Gasteiger partial charge on any atom is 0.242 e. The van der Waals surface area contributed by atoms with E-state index in [2.05, 4.69) is 21.9 Å². The van der Waals surface area contributed by atoms with Gasteiger partial charge in [0.15, 0.2) is 0 Å². The van der Waals surface area contributed by atoms with Crippen LogP contribution in [-0.4, -0.2) is 26.5 Å². The lowest BCUT2D eigenvalue weighted by molar-refractivity contribution is 0.576. The third-order valence-electron chi connectivity index (χ3n) is 2.66. The van der Waals surface area contributed by atoms with E-state index in [1.54, 1.807) is 6.07 Å². The largest absolute Gasteiger partial charge is 0.363 e. The zero-order valence-corrected chi connectivity index (χ0v) is 11.9. The fourth-order valence-electron chi connectivity index (χ4n) is 1.60. The van der Waals surface area contributed by atoms with E-state index in [1.165, 1.54) is 6.20 Å². The van der Waals surface area contributed by atoms with Crippen LogP contribution in [0.2, 0.25) is 0 Å². The predicted octanol–water partition coefficient (Wildman–Crippen LogP) is 1.59. The minimum absolute atomic E-state index is 0.312. The number of unbranched alkanes of at least 4 members (excludes halogenated alkanes) is 2. The summed E-state index contributed by atoms with van der Waals surface area (Å²) in [6, 6.07) is 1.67. The second-order valence-electron chi connectivity index (χ2n) is 4.25. The Morgan fingerprint density at radius 1 is 1.28 bits per heavy atom. The van der Waals surface area contributed by atoms with Crippen molar-refractivity contribution < 1.29 is 8.42 Å². The Kier molecular flexibility index (Phi) is 6.38. The first kappa shape index (κ1) is 15.2. The molecule has 0 saturated heterocycles. The maximum atomic E-state index is 11.9. The van der Waals surface area contributed by atoms with Gasteiger partial charge in [0.2, 0.25) is 10.0 Å². The van der Waals surface area contributed by atoms with Crippen LogP contribution < -0.4 is 10.0 Å². The highest BCUT2D eigenvalue weighted by atomic mass is 32.2. The average molecular weight is 273 g/mol. The smallest absolute Gasteiger partial charge is 0.242 e. The molecule has 0 amide bonds. The van der Waals surface area contributed by atoms with Crippen LogP contribution >= 0.6 is 0 Å². The van der Waals surface area contributed by atoms with Gasteiger partial charge in [-0.3, -0.25) is 0 Å². The molecule has 1 rings (SSSR count). The Morgan fingerprint density at radius 2 is 2.06 bits per heavy atom. The summed E-state index contributed by atoms with van der Waals surface area (Å²) in [5, 5.41) is 3.14. The molecule has 3 N–H and O–H groups in total. The molecule has 5 nitrogen and oxygen atoms in total. The number of sulfonamides is 1. The standard InChI is InChI=1S/C12H23N3O2S/c1-3-5-6-7-15-18(16,17)12-8-11(14-10-12)9-13-4-2/h8,10,13-15H,3-7,9H2,1-2H3. The van der Waals surface area contributed by atoms with Crippen LogP contribution in [0.4, 0.5) is 0 Å². The predicted molar refractivity (Wildman–Crippen MR) is 72.9 cm³/mol. The van der Waals surface area contributed by atoms with Crippen LogP contribution in [0.25, 0.3) is 0 Å². The minimum atomic E-state index is -3.35. The molecule has 18 heavy (non-hydrogen) atoms. The fraction of sp³-hybridized carbons (Fsp3) is 0.667. The van der Waals surface area contributed by atoms with Crippen molar-refractivity contribution in [1.82, 2.24) is 15.0 Å². The Balaban J connectivity index is 2.53. The number of aromatic nitrogens is 1. The van der Waals surface area contributed by atoms with Crippen molar-refractivity contribution in [3.63, 3.8) is 0 Å². The Labute approximate surface area is 109 Å². The molecule has 0 saturated carbocycles. The number of rotatable bonds is 9. The van der Waals surface area contributed by atoms with Gasteiger partial charge in [0.05, 0.1) is 4.90 Å². The van der Waals surface area contributed by atoms with Crippen LogP contribution in [0.15, 0.2) is 17.2 Å². The highest BCUT2D eigenvalue weighted by molar-refractivity contribution is 7.89. The molecule has 0 aliphatic carbocycles. The molecule has 0 aliphatic rings. The summed E-state index contributed by atoms with van der Waals surface area (Å²) in [7, 11) is -3.35. The van der Waals surface area contributed by atoms with Gasteiger partial charge in [-0.2, -0.15) is 0 Å². The lowest BCUT2D eigenvalue weighted by Crippen LogP contribution is -2.24. The monoisotopic (exact) mass is 273 g/mol. The Hall–Kier alpha value is -0.850. The molecule has 0 aliphatic heterocycles. The summed E-state index contributed by atoms with van der Waals surface area (Å²) >= 11 is 0. The SMILES string of the molecule is CCCCCNS(=O)(=O)c1c[nH]c(CNCC)c1. The van der Waals surface area contributed by atoms with Gasteiger partial charge < -0.3 is 10.3 Å². The van der Waals surface area contributed by atoms with Gasteiger partial charge in [-0.05, 0) is 19.0 Å². The number of nitrogens with one attached hydrogen (secondary N) is 3. The third-order valence-corrected chi connectivity index (χ3v) is 4.10. The zero-order valence-electron chi connectivity index (χ0n) is 11.1. The Bertz CT molecular complexity index is 440. The molecule has 104 valence electrons. The maximum absolute atomic E-state index is 11.9. The molecular formula is C12H23N3O2S. The van der Waals surface area contributed by atoms with E-state index >= 15 is 0 Å². The second-order valence-corrected chi connectivity index (χ2v) is 6.01. The minimum Gasteiger partial charge on any atom is -0.363 e. The van der Waals surface area contributed by atoms with Crippen molar-refractivity contribution in [3.05, 3.63) is 18.0 Å². The van der Waals surface area contributed by atoms with E-state index in [0.717, 1.165) is 31.5 Å². The summed E-state index contributed by atoms with van der Waals surface area (Å²) in [5.41, 5.74) is 0.880. The lowest BCUT2D eigenvalue weighted by atomic mass is 10.3. The number of hydrogen-bond acceptors (Lipinski definition) is 3. The van der Waals surface area contributed by atoms with E-state index in [1.807, 2.05) is 6.92 Å². The molecule has 0 unspecified atom stereocenters. The van der Waals surface area contributed by atoms with E-state index in [0.29, 0.717) is 18.0 Å². The highest BCUT2D eigenvalue weighted by Crippen LogP contribution is 2.10. The number of hydrogen-bond donors (Lipinski definition) is 3. The van der Waals surface area contributed by atoms with Crippen molar-refractivity contribution in [1.29, 1.82) is 0 Å². The van der Waals surface area contributed by atoms with Gasteiger partial charge in [-0.1, -0.05) is 26.7 Å². The molecule has 1 heterocycles. The van der Waals surface area contributed by atoms with Crippen molar-refractivity contribution in [2.75, 3.05) is 13.1 Å². The van der Waals surface area contributed by atoms with Crippen molar-refractivity contribution in [2.45, 2.75) is 44.6 Å². The molecule has 0 radical (unpaired) electrons. The fourth-order valence-corrected chi connectivity index (χ4v) is 2.69. The van der Waals surface area contributed by atoms with Gasteiger partial charge >= 0.3 is 0 Å². The van der Waals surface area contributed by atoms with Gasteiger partial charge in [-0.15, -0.1) is 0 Å². The van der Waals surface area contributed by atoms with Crippen LogP contribution in [0.1, 0.15) is 38.8 Å².